The number of amides is 1. The van der Waals surface area contributed by atoms with E-state index in [4.69, 9.17) is 11.6 Å². The molecule has 3 N–H and O–H groups in total. The monoisotopic (exact) mass is 517 g/mol. The van der Waals surface area contributed by atoms with Crippen LogP contribution in [0.1, 0.15) is 21.7 Å². The van der Waals surface area contributed by atoms with Crippen LogP contribution in [0.3, 0.4) is 0 Å². The maximum absolute atomic E-state index is 13.9. The van der Waals surface area contributed by atoms with Gasteiger partial charge in [-0.05, 0) is 36.4 Å². The lowest BCUT2D eigenvalue weighted by molar-refractivity contribution is 0.102. The molecule has 0 aliphatic heterocycles. The Labute approximate surface area is 204 Å². The van der Waals surface area contributed by atoms with Crippen molar-refractivity contribution in [3.8, 4) is 11.1 Å². The molecule has 0 aliphatic rings. The summed E-state index contributed by atoms with van der Waals surface area (Å²) < 4.78 is 52.8. The van der Waals surface area contributed by atoms with Crippen molar-refractivity contribution in [3.63, 3.8) is 0 Å². The molecule has 1 aromatic carbocycles. The molecule has 1 amide bonds. The third kappa shape index (κ3) is 6.40. The number of benzene rings is 1. The van der Waals surface area contributed by atoms with Crippen LogP contribution in [-0.4, -0.2) is 35.5 Å². The first kappa shape index (κ1) is 24.3. The van der Waals surface area contributed by atoms with Gasteiger partial charge in [-0.25, -0.2) is 17.2 Å². The topological polar surface area (TPSA) is 117 Å². The highest BCUT2D eigenvalue weighted by atomic mass is 35.5. The maximum Gasteiger partial charge on any atom is 0.257 e. The van der Waals surface area contributed by atoms with E-state index in [0.717, 1.165) is 18.6 Å². The van der Waals surface area contributed by atoms with Gasteiger partial charge in [-0.3, -0.25) is 19.5 Å². The minimum atomic E-state index is -3.53. The Morgan fingerprint density at radius 1 is 1.03 bits per heavy atom. The van der Waals surface area contributed by atoms with Crippen LogP contribution in [0.15, 0.2) is 61.2 Å². The molecule has 35 heavy (non-hydrogen) atoms. The second kappa shape index (κ2) is 9.80. The molecule has 3 heterocycles. The van der Waals surface area contributed by atoms with Crippen molar-refractivity contribution in [1.29, 1.82) is 0 Å². The first-order chi connectivity index (χ1) is 16.6. The number of hydrogen-bond donors (Lipinski definition) is 3. The van der Waals surface area contributed by atoms with Gasteiger partial charge in [0.1, 0.15) is 11.6 Å². The van der Waals surface area contributed by atoms with Crippen molar-refractivity contribution in [2.45, 2.75) is 6.42 Å². The number of halogens is 3. The molecular formula is C23H18ClF2N5O3S. The van der Waals surface area contributed by atoms with Crippen LogP contribution < -0.4 is 10.0 Å². The normalized spacial score (nSPS) is 11.3. The van der Waals surface area contributed by atoms with Crippen LogP contribution in [-0.2, 0) is 16.4 Å². The lowest BCUT2D eigenvalue weighted by atomic mass is 10.0. The van der Waals surface area contributed by atoms with Gasteiger partial charge < -0.3 is 10.3 Å². The highest BCUT2D eigenvalue weighted by Crippen LogP contribution is 2.26. The van der Waals surface area contributed by atoms with Gasteiger partial charge in [-0.1, -0.05) is 11.6 Å². The smallest absolute Gasteiger partial charge is 0.257 e. The van der Waals surface area contributed by atoms with Gasteiger partial charge in [0.25, 0.3) is 5.91 Å². The molecule has 3 aromatic heterocycles. The van der Waals surface area contributed by atoms with E-state index in [9.17, 15) is 22.0 Å². The highest BCUT2D eigenvalue weighted by molar-refractivity contribution is 7.92. The molecule has 8 nitrogen and oxygen atoms in total. The Bertz CT molecular complexity index is 1530. The number of carbonyl (C=O) groups excluding carboxylic acids is 1. The minimum absolute atomic E-state index is 0.201. The van der Waals surface area contributed by atoms with Gasteiger partial charge in [0.05, 0.1) is 35.6 Å². The molecule has 0 saturated heterocycles. The van der Waals surface area contributed by atoms with Gasteiger partial charge in [-0.15, -0.1) is 0 Å². The van der Waals surface area contributed by atoms with Crippen molar-refractivity contribution >= 4 is 38.9 Å². The summed E-state index contributed by atoms with van der Waals surface area (Å²) in [6.07, 6.45) is 6.21. The average Bonchev–Trinajstić information content (AvgIpc) is 3.22. The molecule has 0 atom stereocenters. The van der Waals surface area contributed by atoms with E-state index >= 15 is 0 Å². The van der Waals surface area contributed by atoms with E-state index in [2.05, 4.69) is 25.0 Å². The summed E-state index contributed by atoms with van der Waals surface area (Å²) in [6, 6.07) is 8.39. The number of nitrogens with zero attached hydrogens (tertiary/aromatic N) is 2. The Morgan fingerprint density at radius 3 is 2.51 bits per heavy atom. The van der Waals surface area contributed by atoms with Crippen LogP contribution in [0.5, 0.6) is 0 Å². The summed E-state index contributed by atoms with van der Waals surface area (Å²) in [5.74, 6) is -1.61. The first-order valence-corrected chi connectivity index (χ1v) is 12.3. The molecule has 180 valence electrons. The van der Waals surface area contributed by atoms with Crippen molar-refractivity contribution in [2.24, 2.45) is 0 Å². The summed E-state index contributed by atoms with van der Waals surface area (Å²) in [4.78, 5) is 23.6. The summed E-state index contributed by atoms with van der Waals surface area (Å²) in [6.45, 7) is 0. The van der Waals surface area contributed by atoms with Gasteiger partial charge in [0.2, 0.25) is 10.0 Å². The van der Waals surface area contributed by atoms with Gasteiger partial charge >= 0.3 is 0 Å². The molecule has 0 unspecified atom stereocenters. The average molecular weight is 518 g/mol. The van der Waals surface area contributed by atoms with Gasteiger partial charge in [0.15, 0.2) is 0 Å². The quantitative estimate of drug-likeness (QED) is 0.331. The molecular weight excluding hydrogens is 500 g/mol. The third-order valence-electron chi connectivity index (χ3n) is 4.77. The second-order valence-corrected chi connectivity index (χ2v) is 9.87. The molecule has 0 spiro atoms. The van der Waals surface area contributed by atoms with Crippen molar-refractivity contribution in [1.82, 2.24) is 15.0 Å². The Balaban J connectivity index is 1.53. The zero-order chi connectivity index (χ0) is 25.2. The Morgan fingerprint density at radius 2 is 1.77 bits per heavy atom. The molecule has 0 radical (unpaired) electrons. The third-order valence-corrected chi connectivity index (χ3v) is 5.60. The van der Waals surface area contributed by atoms with E-state index in [1.54, 1.807) is 6.07 Å². The number of H-pyrrole nitrogens is 1. The number of carbonyl (C=O) groups is 1. The summed E-state index contributed by atoms with van der Waals surface area (Å²) in [5, 5.41) is 2.89. The Hall–Kier alpha value is -3.83. The summed E-state index contributed by atoms with van der Waals surface area (Å²) >= 11 is 6.04. The molecule has 0 fully saturated rings. The van der Waals surface area contributed by atoms with E-state index in [-0.39, 0.29) is 28.4 Å². The SMILES string of the molecule is CS(=O)(=O)Nc1cc(Cl)cc(NC(=O)c2c[nH]c(Cc3ncc(F)cc3-c3cncc(F)c3)c2)c1. The number of sulfonamides is 1. The lowest BCUT2D eigenvalue weighted by Gasteiger charge is -2.09. The molecule has 12 heteroatoms. The number of aromatic amines is 1. The van der Waals surface area contributed by atoms with Crippen LogP contribution in [0.25, 0.3) is 11.1 Å². The predicted molar refractivity (Wildman–Crippen MR) is 129 cm³/mol. The fourth-order valence-corrected chi connectivity index (χ4v) is 4.19. The zero-order valence-electron chi connectivity index (χ0n) is 18.1. The maximum atomic E-state index is 13.9. The zero-order valence-corrected chi connectivity index (χ0v) is 19.7. The summed E-state index contributed by atoms with van der Waals surface area (Å²) in [5.41, 5.74) is 2.58. The standard InChI is InChI=1S/C23H18ClF2N5O3S/c1-35(33,34)31-20-5-15(24)4-19(7-20)30-23(32)14-3-18(28-10-14)8-22-21(6-17(26)12-29-22)13-2-16(25)11-27-9-13/h2-7,9-12,28,31H,8H2,1H3,(H,30,32). The second-order valence-electron chi connectivity index (χ2n) is 7.69. The number of aromatic nitrogens is 3. The van der Waals surface area contributed by atoms with Crippen LogP contribution in [0.4, 0.5) is 20.2 Å². The summed E-state index contributed by atoms with van der Waals surface area (Å²) in [7, 11) is -3.53. The van der Waals surface area contributed by atoms with Crippen LogP contribution >= 0.6 is 11.6 Å². The predicted octanol–water partition coefficient (Wildman–Crippen LogP) is 4.62. The van der Waals surface area contributed by atoms with Gasteiger partial charge in [-0.2, -0.15) is 0 Å². The van der Waals surface area contributed by atoms with E-state index < -0.39 is 27.6 Å². The first-order valence-electron chi connectivity index (χ1n) is 10.1. The minimum Gasteiger partial charge on any atom is -0.364 e. The van der Waals surface area contributed by atoms with E-state index in [1.807, 2.05) is 0 Å². The highest BCUT2D eigenvalue weighted by Gasteiger charge is 2.15. The van der Waals surface area contributed by atoms with E-state index in [1.165, 1.54) is 42.7 Å². The fraction of sp³-hybridized carbons (Fsp3) is 0.0870. The molecule has 0 bridgehead atoms. The number of anilines is 2. The van der Waals surface area contributed by atoms with Crippen LogP contribution in [0.2, 0.25) is 5.02 Å². The van der Waals surface area contributed by atoms with Crippen molar-refractivity contribution in [2.75, 3.05) is 16.3 Å². The number of nitrogens with one attached hydrogen (secondary N) is 3. The lowest BCUT2D eigenvalue weighted by Crippen LogP contribution is -2.13. The number of rotatable bonds is 7. The molecule has 4 rings (SSSR count). The van der Waals surface area contributed by atoms with Gasteiger partial charge in [0, 0.05) is 46.3 Å². The molecule has 0 aliphatic carbocycles. The molecule has 4 aromatic rings. The fourth-order valence-electron chi connectivity index (χ4n) is 3.41. The largest absolute Gasteiger partial charge is 0.364 e. The van der Waals surface area contributed by atoms with E-state index in [0.29, 0.717) is 22.5 Å². The van der Waals surface area contributed by atoms with Crippen LogP contribution in [0, 0.1) is 11.6 Å². The number of pyridine rings is 2. The Kier molecular flexibility index (Phi) is 6.81. The van der Waals surface area contributed by atoms with Crippen molar-refractivity contribution in [3.05, 3.63) is 94.8 Å². The van der Waals surface area contributed by atoms with Crippen molar-refractivity contribution < 1.29 is 22.0 Å². The molecule has 0 saturated carbocycles. The number of hydrogen-bond acceptors (Lipinski definition) is 5.